The fraction of sp³-hybridized carbons (Fsp3) is 0.167. The Morgan fingerprint density at radius 2 is 2.00 bits per heavy atom. The molecular formula is C18H17NO2. The summed E-state index contributed by atoms with van der Waals surface area (Å²) in [4.78, 5) is 0. The van der Waals surface area contributed by atoms with E-state index < -0.39 is 0 Å². The van der Waals surface area contributed by atoms with E-state index in [4.69, 9.17) is 14.7 Å². The predicted molar refractivity (Wildman–Crippen MR) is 83.2 cm³/mol. The molecule has 0 saturated carbocycles. The molecule has 0 aliphatic heterocycles. The molecule has 2 rings (SSSR count). The first-order chi connectivity index (χ1) is 10.2. The SMILES string of the molecule is COc1cc(/C=C/C#N)ccc1OCc1cccc(C)c1. The molecule has 0 saturated heterocycles. The van der Waals surface area contributed by atoms with Gasteiger partial charge in [0.05, 0.1) is 13.2 Å². The molecule has 0 fully saturated rings. The Morgan fingerprint density at radius 3 is 2.71 bits per heavy atom. The highest BCUT2D eigenvalue weighted by Gasteiger charge is 2.05. The fourth-order valence-electron chi connectivity index (χ4n) is 2.00. The molecule has 0 heterocycles. The van der Waals surface area contributed by atoms with Crippen molar-refractivity contribution in [3.05, 3.63) is 65.2 Å². The molecule has 0 aliphatic carbocycles. The van der Waals surface area contributed by atoms with E-state index in [1.807, 2.05) is 36.4 Å². The minimum atomic E-state index is 0.491. The number of ether oxygens (including phenoxy) is 2. The molecule has 106 valence electrons. The second kappa shape index (κ2) is 7.16. The Labute approximate surface area is 125 Å². The van der Waals surface area contributed by atoms with Crippen LogP contribution in [0, 0.1) is 18.3 Å². The molecule has 0 amide bonds. The summed E-state index contributed by atoms with van der Waals surface area (Å²) in [5.41, 5.74) is 3.22. The van der Waals surface area contributed by atoms with Gasteiger partial charge in [0, 0.05) is 6.08 Å². The Bertz CT molecular complexity index is 684. The molecule has 3 nitrogen and oxygen atoms in total. The highest BCUT2D eigenvalue weighted by molar-refractivity contribution is 5.57. The number of nitrogens with zero attached hydrogens (tertiary/aromatic N) is 1. The molecular weight excluding hydrogens is 262 g/mol. The van der Waals surface area contributed by atoms with Gasteiger partial charge in [-0.1, -0.05) is 35.9 Å². The molecule has 2 aromatic rings. The van der Waals surface area contributed by atoms with Gasteiger partial charge in [0.25, 0.3) is 0 Å². The molecule has 0 spiro atoms. The Kier molecular flexibility index (Phi) is 5.00. The lowest BCUT2D eigenvalue weighted by molar-refractivity contribution is 0.284. The smallest absolute Gasteiger partial charge is 0.161 e. The van der Waals surface area contributed by atoms with Crippen LogP contribution in [0.3, 0.4) is 0 Å². The lowest BCUT2D eigenvalue weighted by Crippen LogP contribution is -1.98. The highest BCUT2D eigenvalue weighted by Crippen LogP contribution is 2.29. The van der Waals surface area contributed by atoms with Crippen molar-refractivity contribution in [2.45, 2.75) is 13.5 Å². The van der Waals surface area contributed by atoms with Crippen molar-refractivity contribution in [1.82, 2.24) is 0 Å². The number of nitriles is 1. The Balaban J connectivity index is 2.13. The van der Waals surface area contributed by atoms with Crippen LogP contribution >= 0.6 is 0 Å². The molecule has 0 N–H and O–H groups in total. The van der Waals surface area contributed by atoms with E-state index in [9.17, 15) is 0 Å². The van der Waals surface area contributed by atoms with Crippen LogP contribution in [0.4, 0.5) is 0 Å². The first-order valence-corrected chi connectivity index (χ1v) is 6.65. The average Bonchev–Trinajstić information content (AvgIpc) is 2.51. The van der Waals surface area contributed by atoms with E-state index in [0.29, 0.717) is 18.1 Å². The van der Waals surface area contributed by atoms with E-state index in [0.717, 1.165) is 11.1 Å². The number of benzene rings is 2. The summed E-state index contributed by atoms with van der Waals surface area (Å²) in [5, 5.41) is 8.55. The number of rotatable bonds is 5. The third-order valence-electron chi connectivity index (χ3n) is 3.01. The van der Waals surface area contributed by atoms with Crippen LogP contribution in [0.5, 0.6) is 11.5 Å². The standard InChI is InChI=1S/C18H17NO2/c1-14-5-3-6-16(11-14)13-21-17-9-8-15(7-4-10-19)12-18(17)20-2/h3-9,11-12H,13H2,1-2H3/b7-4+. The number of allylic oxidation sites excluding steroid dienone is 1. The van der Waals surface area contributed by atoms with Crippen molar-refractivity contribution in [2.24, 2.45) is 0 Å². The molecule has 0 aliphatic rings. The predicted octanol–water partition coefficient (Wildman–Crippen LogP) is 4.12. The third kappa shape index (κ3) is 4.12. The summed E-state index contributed by atoms with van der Waals surface area (Å²) in [5.74, 6) is 1.34. The molecule has 0 aromatic heterocycles. The van der Waals surface area contributed by atoms with Gasteiger partial charge in [0.15, 0.2) is 11.5 Å². The average molecular weight is 279 g/mol. The Hall–Kier alpha value is -2.73. The van der Waals surface area contributed by atoms with Crippen molar-refractivity contribution in [3.8, 4) is 17.6 Å². The zero-order chi connectivity index (χ0) is 15.1. The first-order valence-electron chi connectivity index (χ1n) is 6.65. The maximum Gasteiger partial charge on any atom is 0.161 e. The van der Waals surface area contributed by atoms with Gasteiger partial charge in [-0.05, 0) is 36.3 Å². The number of hydrogen-bond donors (Lipinski definition) is 0. The molecule has 2 aromatic carbocycles. The van der Waals surface area contributed by atoms with Gasteiger partial charge >= 0.3 is 0 Å². The monoisotopic (exact) mass is 279 g/mol. The largest absolute Gasteiger partial charge is 0.493 e. The lowest BCUT2D eigenvalue weighted by Gasteiger charge is -2.11. The summed E-state index contributed by atoms with van der Waals surface area (Å²) in [6.45, 7) is 2.55. The topological polar surface area (TPSA) is 42.2 Å². The Morgan fingerprint density at radius 1 is 1.14 bits per heavy atom. The first kappa shape index (κ1) is 14.7. The van der Waals surface area contributed by atoms with Gasteiger partial charge < -0.3 is 9.47 Å². The van der Waals surface area contributed by atoms with Crippen molar-refractivity contribution in [1.29, 1.82) is 5.26 Å². The van der Waals surface area contributed by atoms with Crippen LogP contribution in [-0.4, -0.2) is 7.11 Å². The molecule has 0 radical (unpaired) electrons. The van der Waals surface area contributed by atoms with Gasteiger partial charge in [-0.2, -0.15) is 5.26 Å². The third-order valence-corrected chi connectivity index (χ3v) is 3.01. The van der Waals surface area contributed by atoms with E-state index in [-0.39, 0.29) is 0 Å². The minimum absolute atomic E-state index is 0.491. The van der Waals surface area contributed by atoms with E-state index in [1.54, 1.807) is 13.2 Å². The van der Waals surface area contributed by atoms with E-state index in [1.165, 1.54) is 11.6 Å². The van der Waals surface area contributed by atoms with Gasteiger partial charge in [-0.25, -0.2) is 0 Å². The van der Waals surface area contributed by atoms with Gasteiger partial charge in [-0.3, -0.25) is 0 Å². The molecule has 3 heteroatoms. The molecule has 0 atom stereocenters. The quantitative estimate of drug-likeness (QED) is 0.773. The van der Waals surface area contributed by atoms with Crippen LogP contribution in [0.2, 0.25) is 0 Å². The van der Waals surface area contributed by atoms with Crippen LogP contribution in [-0.2, 0) is 6.61 Å². The maximum absolute atomic E-state index is 8.55. The molecule has 0 unspecified atom stereocenters. The van der Waals surface area contributed by atoms with Gasteiger partial charge in [0.1, 0.15) is 6.61 Å². The zero-order valence-electron chi connectivity index (χ0n) is 12.2. The summed E-state index contributed by atoms with van der Waals surface area (Å²) in [6, 6.07) is 15.8. The number of aryl methyl sites for hydroxylation is 1. The second-order valence-electron chi connectivity index (χ2n) is 4.65. The van der Waals surface area contributed by atoms with Gasteiger partial charge in [-0.15, -0.1) is 0 Å². The molecule has 0 bridgehead atoms. The number of methoxy groups -OCH3 is 1. The highest BCUT2D eigenvalue weighted by atomic mass is 16.5. The maximum atomic E-state index is 8.55. The van der Waals surface area contributed by atoms with Crippen LogP contribution < -0.4 is 9.47 Å². The van der Waals surface area contributed by atoms with E-state index >= 15 is 0 Å². The minimum Gasteiger partial charge on any atom is -0.493 e. The molecule has 21 heavy (non-hydrogen) atoms. The normalized spacial score (nSPS) is 10.3. The van der Waals surface area contributed by atoms with E-state index in [2.05, 4.69) is 19.1 Å². The van der Waals surface area contributed by atoms with Crippen molar-refractivity contribution in [3.63, 3.8) is 0 Å². The van der Waals surface area contributed by atoms with Crippen LogP contribution in [0.25, 0.3) is 6.08 Å². The van der Waals surface area contributed by atoms with Crippen molar-refractivity contribution in [2.75, 3.05) is 7.11 Å². The lowest BCUT2D eigenvalue weighted by atomic mass is 10.1. The second-order valence-corrected chi connectivity index (χ2v) is 4.65. The summed E-state index contributed by atoms with van der Waals surface area (Å²) < 4.78 is 11.2. The van der Waals surface area contributed by atoms with Crippen molar-refractivity contribution < 1.29 is 9.47 Å². The van der Waals surface area contributed by atoms with Crippen LogP contribution in [0.15, 0.2) is 48.5 Å². The summed E-state index contributed by atoms with van der Waals surface area (Å²) in [6.07, 6.45) is 3.16. The zero-order valence-corrected chi connectivity index (χ0v) is 12.2. The van der Waals surface area contributed by atoms with Crippen molar-refractivity contribution >= 4 is 6.08 Å². The summed E-state index contributed by atoms with van der Waals surface area (Å²) >= 11 is 0. The fourth-order valence-corrected chi connectivity index (χ4v) is 2.00. The summed E-state index contributed by atoms with van der Waals surface area (Å²) in [7, 11) is 1.60. The van der Waals surface area contributed by atoms with Crippen LogP contribution in [0.1, 0.15) is 16.7 Å². The van der Waals surface area contributed by atoms with Gasteiger partial charge in [0.2, 0.25) is 0 Å². The number of hydrogen-bond acceptors (Lipinski definition) is 3.